The maximum atomic E-state index is 13.9. The number of hydrogen-bond donors (Lipinski definition) is 3. The molecular weight excluding hydrogens is 470 g/mol. The number of hydrogen-bond acceptors (Lipinski definition) is 5. The van der Waals surface area contributed by atoms with Crippen molar-refractivity contribution >= 4 is 17.9 Å². The van der Waals surface area contributed by atoms with Gasteiger partial charge in [-0.3, -0.25) is 9.59 Å². The molecule has 0 aromatic heterocycles. The van der Waals surface area contributed by atoms with Crippen molar-refractivity contribution in [2.75, 3.05) is 13.2 Å². The number of nitrogens with zero attached hydrogens (tertiary/aromatic N) is 1. The highest BCUT2D eigenvalue weighted by Crippen LogP contribution is 2.29. The maximum Gasteiger partial charge on any atom is 0.408 e. The van der Waals surface area contributed by atoms with Gasteiger partial charge in [-0.1, -0.05) is 50.8 Å². The second kappa shape index (κ2) is 14.4. The number of ether oxygens (including phenoxy) is 1. The molecule has 1 aromatic carbocycles. The van der Waals surface area contributed by atoms with Crippen molar-refractivity contribution in [2.24, 2.45) is 0 Å². The minimum atomic E-state index is -1.25. The highest BCUT2D eigenvalue weighted by molar-refractivity contribution is 5.92. The van der Waals surface area contributed by atoms with Crippen molar-refractivity contribution in [1.82, 2.24) is 15.5 Å². The standard InChI is InChI=1S/C29H49N3O5/c1-10-11-12-13-14-18-32(26(35)22(19-33)30-27(36)37-29(7,8)9)24(25(34)31-28(4,5)6)23-20(2)16-15-17-21(23)3/h15-17,22,24,33H,10-14,18-19H2,1-9H3,(H,30,36)(H,31,34). The number of carbonyl (C=O) groups is 3. The summed E-state index contributed by atoms with van der Waals surface area (Å²) in [6.07, 6.45) is 4.01. The Balaban J connectivity index is 3.50. The maximum absolute atomic E-state index is 13.9. The molecule has 0 radical (unpaired) electrons. The lowest BCUT2D eigenvalue weighted by atomic mass is 9.92. The summed E-state index contributed by atoms with van der Waals surface area (Å²) in [6, 6.07) is 3.59. The van der Waals surface area contributed by atoms with Crippen LogP contribution in [-0.4, -0.2) is 58.2 Å². The first kappa shape index (κ1) is 32.4. The first-order valence-electron chi connectivity index (χ1n) is 13.4. The van der Waals surface area contributed by atoms with Crippen LogP contribution in [0.5, 0.6) is 0 Å². The van der Waals surface area contributed by atoms with E-state index in [0.717, 1.165) is 42.4 Å². The average Bonchev–Trinajstić information content (AvgIpc) is 2.75. The lowest BCUT2D eigenvalue weighted by Gasteiger charge is -2.37. The molecule has 37 heavy (non-hydrogen) atoms. The lowest BCUT2D eigenvalue weighted by molar-refractivity contribution is -0.144. The molecule has 0 bridgehead atoms. The van der Waals surface area contributed by atoms with Crippen LogP contribution in [0.4, 0.5) is 4.79 Å². The van der Waals surface area contributed by atoms with Crippen LogP contribution in [0.2, 0.25) is 0 Å². The van der Waals surface area contributed by atoms with Crippen LogP contribution < -0.4 is 10.6 Å². The number of alkyl carbamates (subject to hydrolysis) is 1. The molecule has 210 valence electrons. The topological polar surface area (TPSA) is 108 Å². The average molecular weight is 520 g/mol. The fourth-order valence-electron chi connectivity index (χ4n) is 4.21. The molecule has 2 atom stereocenters. The Hall–Kier alpha value is -2.61. The van der Waals surface area contributed by atoms with Gasteiger partial charge in [0, 0.05) is 12.1 Å². The molecule has 0 heterocycles. The van der Waals surface area contributed by atoms with E-state index in [1.807, 2.05) is 52.8 Å². The molecule has 0 spiro atoms. The zero-order valence-corrected chi connectivity index (χ0v) is 24.4. The van der Waals surface area contributed by atoms with E-state index in [4.69, 9.17) is 4.74 Å². The zero-order chi connectivity index (χ0) is 28.4. The van der Waals surface area contributed by atoms with Gasteiger partial charge < -0.3 is 25.4 Å². The van der Waals surface area contributed by atoms with Gasteiger partial charge in [0.05, 0.1) is 6.61 Å². The number of benzene rings is 1. The Morgan fingerprint density at radius 3 is 2.03 bits per heavy atom. The van der Waals surface area contributed by atoms with Crippen LogP contribution in [0.15, 0.2) is 18.2 Å². The van der Waals surface area contributed by atoms with E-state index >= 15 is 0 Å². The fourth-order valence-corrected chi connectivity index (χ4v) is 4.21. The molecule has 1 aromatic rings. The summed E-state index contributed by atoms with van der Waals surface area (Å²) in [6.45, 7) is 16.5. The summed E-state index contributed by atoms with van der Waals surface area (Å²) in [5, 5.41) is 15.6. The fraction of sp³-hybridized carbons (Fsp3) is 0.690. The van der Waals surface area contributed by atoms with E-state index in [2.05, 4.69) is 17.6 Å². The van der Waals surface area contributed by atoms with Gasteiger partial charge in [0.2, 0.25) is 11.8 Å². The minimum absolute atomic E-state index is 0.305. The Bertz CT molecular complexity index is 882. The van der Waals surface area contributed by atoms with E-state index < -0.39 is 41.8 Å². The monoisotopic (exact) mass is 519 g/mol. The third-order valence-corrected chi connectivity index (χ3v) is 5.83. The number of unbranched alkanes of at least 4 members (excludes halogenated alkanes) is 4. The quantitative estimate of drug-likeness (QED) is 0.339. The molecule has 0 aliphatic heterocycles. The van der Waals surface area contributed by atoms with Gasteiger partial charge in [-0.2, -0.15) is 0 Å². The third-order valence-electron chi connectivity index (χ3n) is 5.83. The van der Waals surface area contributed by atoms with E-state index in [1.165, 1.54) is 4.90 Å². The molecule has 8 nitrogen and oxygen atoms in total. The highest BCUT2D eigenvalue weighted by Gasteiger charge is 2.38. The Kier molecular flexibility index (Phi) is 12.6. The number of aliphatic hydroxyl groups excluding tert-OH is 1. The van der Waals surface area contributed by atoms with Crippen LogP contribution in [0.25, 0.3) is 0 Å². The van der Waals surface area contributed by atoms with Crippen molar-refractivity contribution in [2.45, 2.75) is 118 Å². The molecule has 3 amide bonds. The molecule has 3 N–H and O–H groups in total. The van der Waals surface area contributed by atoms with Crippen molar-refractivity contribution in [3.8, 4) is 0 Å². The van der Waals surface area contributed by atoms with Crippen LogP contribution >= 0.6 is 0 Å². The molecule has 1 rings (SSSR count). The summed E-state index contributed by atoms with van der Waals surface area (Å²) in [7, 11) is 0. The number of carbonyl (C=O) groups excluding carboxylic acids is 3. The smallest absolute Gasteiger partial charge is 0.408 e. The van der Waals surface area contributed by atoms with Crippen LogP contribution in [0, 0.1) is 13.8 Å². The van der Waals surface area contributed by atoms with Gasteiger partial charge in [0.15, 0.2) is 0 Å². The van der Waals surface area contributed by atoms with Crippen LogP contribution in [0.3, 0.4) is 0 Å². The molecule has 8 heteroatoms. The van der Waals surface area contributed by atoms with Gasteiger partial charge in [-0.25, -0.2) is 4.79 Å². The SMILES string of the molecule is CCCCCCCN(C(=O)C(CO)NC(=O)OC(C)(C)C)C(C(=O)NC(C)(C)C)c1c(C)cccc1C. The van der Waals surface area contributed by atoms with Crippen LogP contribution in [-0.2, 0) is 14.3 Å². The van der Waals surface area contributed by atoms with Crippen LogP contribution in [0.1, 0.15) is 103 Å². The number of rotatable bonds is 12. The second-order valence-electron chi connectivity index (χ2n) is 11.8. The first-order valence-corrected chi connectivity index (χ1v) is 13.4. The Labute approximate surface area is 223 Å². The predicted octanol–water partition coefficient (Wildman–Crippen LogP) is 4.94. The number of aliphatic hydroxyl groups is 1. The minimum Gasteiger partial charge on any atom is -0.444 e. The highest BCUT2D eigenvalue weighted by atomic mass is 16.6. The normalized spacial score (nSPS) is 13.5. The molecular formula is C29H49N3O5. The third kappa shape index (κ3) is 11.1. The summed E-state index contributed by atoms with van der Waals surface area (Å²) in [4.78, 5) is 41.7. The van der Waals surface area contributed by atoms with Crippen molar-refractivity contribution < 1.29 is 24.2 Å². The lowest BCUT2D eigenvalue weighted by Crippen LogP contribution is -2.56. The van der Waals surface area contributed by atoms with E-state index in [-0.39, 0.29) is 5.91 Å². The zero-order valence-electron chi connectivity index (χ0n) is 24.4. The van der Waals surface area contributed by atoms with E-state index in [0.29, 0.717) is 13.0 Å². The Morgan fingerprint density at radius 2 is 1.54 bits per heavy atom. The van der Waals surface area contributed by atoms with Gasteiger partial charge in [-0.15, -0.1) is 0 Å². The van der Waals surface area contributed by atoms with Gasteiger partial charge in [-0.05, 0) is 78.5 Å². The Morgan fingerprint density at radius 1 is 0.973 bits per heavy atom. The van der Waals surface area contributed by atoms with E-state index in [1.54, 1.807) is 20.8 Å². The van der Waals surface area contributed by atoms with Crippen molar-refractivity contribution in [3.05, 3.63) is 34.9 Å². The molecule has 0 aliphatic carbocycles. The largest absolute Gasteiger partial charge is 0.444 e. The summed E-state index contributed by atoms with van der Waals surface area (Å²) >= 11 is 0. The number of nitrogens with one attached hydrogen (secondary N) is 2. The molecule has 0 aliphatic rings. The molecule has 0 fully saturated rings. The summed E-state index contributed by atoms with van der Waals surface area (Å²) in [5.41, 5.74) is 1.24. The van der Waals surface area contributed by atoms with Gasteiger partial charge in [0.1, 0.15) is 17.7 Å². The summed E-state index contributed by atoms with van der Waals surface area (Å²) in [5.74, 6) is -0.832. The van der Waals surface area contributed by atoms with E-state index in [9.17, 15) is 19.5 Å². The molecule has 0 saturated carbocycles. The predicted molar refractivity (Wildman–Crippen MR) is 147 cm³/mol. The van der Waals surface area contributed by atoms with Crippen molar-refractivity contribution in [1.29, 1.82) is 0 Å². The number of amides is 3. The first-order chi connectivity index (χ1) is 17.1. The molecule has 2 unspecified atom stereocenters. The van der Waals surface area contributed by atoms with Gasteiger partial charge >= 0.3 is 6.09 Å². The van der Waals surface area contributed by atoms with Crippen molar-refractivity contribution in [3.63, 3.8) is 0 Å². The van der Waals surface area contributed by atoms with Gasteiger partial charge in [0.25, 0.3) is 0 Å². The second-order valence-corrected chi connectivity index (χ2v) is 11.8. The summed E-state index contributed by atoms with van der Waals surface area (Å²) < 4.78 is 5.31. The number of aryl methyl sites for hydroxylation is 2. The molecule has 0 saturated heterocycles.